The van der Waals surface area contributed by atoms with Crippen molar-refractivity contribution in [3.8, 4) is 0 Å². The van der Waals surface area contributed by atoms with Gasteiger partial charge < -0.3 is 24.1 Å². The second-order valence-corrected chi connectivity index (χ2v) is 7.95. The molecule has 0 bridgehead atoms. The lowest BCUT2D eigenvalue weighted by molar-refractivity contribution is -0.0367. The van der Waals surface area contributed by atoms with Gasteiger partial charge in [0, 0.05) is 38.1 Å². The first-order valence-corrected chi connectivity index (χ1v) is 10.9. The number of hydrogen-bond acceptors (Lipinski definition) is 4. The van der Waals surface area contributed by atoms with Gasteiger partial charge in [-0.2, -0.15) is 0 Å². The second-order valence-electron chi connectivity index (χ2n) is 7.95. The first kappa shape index (κ1) is 20.2. The highest BCUT2D eigenvalue weighted by atomic mass is 16.5. The number of aliphatic imine (C=N–C) groups is 1. The fourth-order valence-electron chi connectivity index (χ4n) is 4.11. The highest BCUT2D eigenvalue weighted by molar-refractivity contribution is 5.80. The highest BCUT2D eigenvalue weighted by Gasteiger charge is 2.24. The van der Waals surface area contributed by atoms with E-state index >= 15 is 0 Å². The molecular weight excluding hydrogens is 366 g/mol. The van der Waals surface area contributed by atoms with Gasteiger partial charge in [-0.15, -0.1) is 0 Å². The van der Waals surface area contributed by atoms with Crippen LogP contribution in [0.1, 0.15) is 44.0 Å². The monoisotopic (exact) mass is 399 g/mol. The lowest BCUT2D eigenvalue weighted by atomic mass is 10.1. The standard InChI is InChI=1S/C22H33N5O2/c1-3-23-22(24-14-18-15-27-17(2)6-4-8-21(27)25-18)26-11-9-19(10-12-26)29-16-20-7-5-13-28-20/h4,6,8,15,19-20H,3,5,7,9-14,16H2,1-2H3,(H,23,24). The quantitative estimate of drug-likeness (QED) is 0.598. The molecule has 2 aromatic heterocycles. The lowest BCUT2D eigenvalue weighted by Gasteiger charge is -2.34. The summed E-state index contributed by atoms with van der Waals surface area (Å²) in [4.78, 5) is 11.9. The molecular formula is C22H33N5O2. The van der Waals surface area contributed by atoms with E-state index < -0.39 is 0 Å². The Morgan fingerprint density at radius 3 is 2.90 bits per heavy atom. The third-order valence-electron chi connectivity index (χ3n) is 5.75. The smallest absolute Gasteiger partial charge is 0.194 e. The molecule has 2 fully saturated rings. The van der Waals surface area contributed by atoms with E-state index in [1.54, 1.807) is 0 Å². The largest absolute Gasteiger partial charge is 0.376 e. The molecule has 4 heterocycles. The van der Waals surface area contributed by atoms with Crippen molar-refractivity contribution in [3.05, 3.63) is 35.8 Å². The van der Waals surface area contributed by atoms with Crippen LogP contribution in [0.15, 0.2) is 29.4 Å². The Labute approximate surface area is 173 Å². The Morgan fingerprint density at radius 2 is 2.17 bits per heavy atom. The fraction of sp³-hybridized carbons (Fsp3) is 0.636. The Hall–Kier alpha value is -2.12. The molecule has 1 atom stereocenters. The van der Waals surface area contributed by atoms with Crippen molar-refractivity contribution in [1.29, 1.82) is 0 Å². The zero-order chi connectivity index (χ0) is 20.1. The van der Waals surface area contributed by atoms with Crippen molar-refractivity contribution < 1.29 is 9.47 Å². The highest BCUT2D eigenvalue weighted by Crippen LogP contribution is 2.18. The number of fused-ring (bicyclic) bond motifs is 1. The molecule has 158 valence electrons. The molecule has 7 nitrogen and oxygen atoms in total. The van der Waals surface area contributed by atoms with Gasteiger partial charge in [0.05, 0.1) is 31.1 Å². The van der Waals surface area contributed by atoms with E-state index in [0.717, 1.165) is 69.4 Å². The number of likely N-dealkylation sites (tertiary alicyclic amines) is 1. The van der Waals surface area contributed by atoms with Crippen LogP contribution in [0.5, 0.6) is 0 Å². The third-order valence-corrected chi connectivity index (χ3v) is 5.75. The maximum Gasteiger partial charge on any atom is 0.194 e. The summed E-state index contributed by atoms with van der Waals surface area (Å²) in [6, 6.07) is 6.17. The number of hydrogen-bond donors (Lipinski definition) is 1. The van der Waals surface area contributed by atoms with Crippen molar-refractivity contribution in [1.82, 2.24) is 19.6 Å². The van der Waals surface area contributed by atoms with Crippen molar-refractivity contribution in [2.45, 2.75) is 58.3 Å². The summed E-state index contributed by atoms with van der Waals surface area (Å²) in [6.07, 6.45) is 7.10. The van der Waals surface area contributed by atoms with Crippen LogP contribution in [0, 0.1) is 6.92 Å². The van der Waals surface area contributed by atoms with Gasteiger partial charge in [-0.05, 0) is 51.7 Å². The number of nitrogens with one attached hydrogen (secondary N) is 1. The molecule has 29 heavy (non-hydrogen) atoms. The van der Waals surface area contributed by atoms with E-state index in [9.17, 15) is 0 Å². The van der Waals surface area contributed by atoms with Crippen LogP contribution in [0.2, 0.25) is 0 Å². The molecule has 0 amide bonds. The predicted octanol–water partition coefficient (Wildman–Crippen LogP) is 2.77. The average Bonchev–Trinajstić information content (AvgIpc) is 3.40. The minimum Gasteiger partial charge on any atom is -0.376 e. The van der Waals surface area contributed by atoms with Gasteiger partial charge >= 0.3 is 0 Å². The van der Waals surface area contributed by atoms with Gasteiger partial charge in [0.1, 0.15) is 5.65 Å². The zero-order valence-corrected chi connectivity index (χ0v) is 17.6. The molecule has 4 rings (SSSR count). The Kier molecular flexibility index (Phi) is 6.67. The average molecular weight is 400 g/mol. The first-order chi connectivity index (χ1) is 14.2. The number of piperidine rings is 1. The number of aryl methyl sites for hydroxylation is 1. The molecule has 1 N–H and O–H groups in total. The Morgan fingerprint density at radius 1 is 1.31 bits per heavy atom. The molecule has 2 aromatic rings. The molecule has 2 aliphatic rings. The van der Waals surface area contributed by atoms with Crippen molar-refractivity contribution in [2.24, 2.45) is 4.99 Å². The Balaban J connectivity index is 1.32. The topological polar surface area (TPSA) is 63.4 Å². The van der Waals surface area contributed by atoms with E-state index in [0.29, 0.717) is 18.8 Å². The summed E-state index contributed by atoms with van der Waals surface area (Å²) < 4.78 is 13.9. The van der Waals surface area contributed by atoms with Crippen LogP contribution in [0.3, 0.4) is 0 Å². The summed E-state index contributed by atoms with van der Waals surface area (Å²) in [6.45, 7) is 9.21. The first-order valence-electron chi connectivity index (χ1n) is 10.9. The second kappa shape index (κ2) is 9.59. The number of aromatic nitrogens is 2. The maximum atomic E-state index is 6.10. The SMILES string of the molecule is CCNC(=NCc1cn2c(C)cccc2n1)N1CCC(OCC2CCCO2)CC1. The van der Waals surface area contributed by atoms with E-state index in [2.05, 4.69) is 40.7 Å². The number of ether oxygens (including phenoxy) is 2. The van der Waals surface area contributed by atoms with E-state index in [4.69, 9.17) is 19.5 Å². The minimum absolute atomic E-state index is 0.306. The van der Waals surface area contributed by atoms with Crippen LogP contribution in [-0.2, 0) is 16.0 Å². The number of imidazole rings is 1. The van der Waals surface area contributed by atoms with Gasteiger partial charge in [-0.3, -0.25) is 0 Å². The number of rotatable bonds is 6. The lowest BCUT2D eigenvalue weighted by Crippen LogP contribution is -2.47. The van der Waals surface area contributed by atoms with Gasteiger partial charge in [-0.1, -0.05) is 6.07 Å². The molecule has 0 radical (unpaired) electrons. The van der Waals surface area contributed by atoms with Crippen LogP contribution in [-0.4, -0.2) is 65.3 Å². The van der Waals surface area contributed by atoms with Crippen LogP contribution >= 0.6 is 0 Å². The maximum absolute atomic E-state index is 6.10. The third kappa shape index (κ3) is 5.08. The Bertz CT molecular complexity index is 820. The zero-order valence-electron chi connectivity index (χ0n) is 17.6. The van der Waals surface area contributed by atoms with E-state index in [-0.39, 0.29) is 0 Å². The molecule has 7 heteroatoms. The van der Waals surface area contributed by atoms with Gasteiger partial charge in [0.2, 0.25) is 0 Å². The van der Waals surface area contributed by atoms with Crippen molar-refractivity contribution in [3.63, 3.8) is 0 Å². The summed E-state index contributed by atoms with van der Waals surface area (Å²) in [5.74, 6) is 0.971. The predicted molar refractivity (Wildman–Crippen MR) is 114 cm³/mol. The number of nitrogens with zero attached hydrogens (tertiary/aromatic N) is 4. The molecule has 0 spiro atoms. The molecule has 0 saturated carbocycles. The molecule has 1 unspecified atom stereocenters. The van der Waals surface area contributed by atoms with E-state index in [1.165, 1.54) is 12.1 Å². The minimum atomic E-state index is 0.306. The number of pyridine rings is 1. The number of guanidine groups is 1. The summed E-state index contributed by atoms with van der Waals surface area (Å²) in [5, 5.41) is 3.44. The van der Waals surface area contributed by atoms with Crippen molar-refractivity contribution in [2.75, 3.05) is 32.8 Å². The van der Waals surface area contributed by atoms with Crippen molar-refractivity contribution >= 4 is 11.6 Å². The molecule has 2 saturated heterocycles. The normalized spacial score (nSPS) is 21.2. The summed E-state index contributed by atoms with van der Waals surface area (Å²) >= 11 is 0. The van der Waals surface area contributed by atoms with Crippen LogP contribution in [0.25, 0.3) is 5.65 Å². The van der Waals surface area contributed by atoms with Gasteiger partial charge in [0.15, 0.2) is 5.96 Å². The summed E-state index contributed by atoms with van der Waals surface area (Å²) in [7, 11) is 0. The summed E-state index contributed by atoms with van der Waals surface area (Å²) in [5.41, 5.74) is 3.15. The van der Waals surface area contributed by atoms with Gasteiger partial charge in [-0.25, -0.2) is 9.98 Å². The molecule has 0 aliphatic carbocycles. The molecule has 0 aromatic carbocycles. The van der Waals surface area contributed by atoms with Gasteiger partial charge in [0.25, 0.3) is 0 Å². The van der Waals surface area contributed by atoms with Crippen LogP contribution < -0.4 is 5.32 Å². The molecule has 2 aliphatic heterocycles. The fourth-order valence-corrected chi connectivity index (χ4v) is 4.11. The van der Waals surface area contributed by atoms with Crippen LogP contribution in [0.4, 0.5) is 0 Å². The van der Waals surface area contributed by atoms with E-state index in [1.807, 2.05) is 12.1 Å².